The standard InChI is InChI=1S/C14H18Cl2N2O/c1-18(13-5-3-2-4-12(13)17)14(19)9-6-7-10(15)11(16)8-9/h6-8,12-13H,2-5,17H2,1H3. The van der Waals surface area contributed by atoms with Crippen molar-refractivity contribution >= 4 is 29.1 Å². The Balaban J connectivity index is 2.15. The fourth-order valence-electron chi connectivity index (χ4n) is 2.60. The van der Waals surface area contributed by atoms with Crippen LogP contribution in [0.1, 0.15) is 36.0 Å². The quantitative estimate of drug-likeness (QED) is 0.910. The number of hydrogen-bond donors (Lipinski definition) is 1. The summed E-state index contributed by atoms with van der Waals surface area (Å²) in [5.41, 5.74) is 6.66. The first-order chi connectivity index (χ1) is 9.00. The van der Waals surface area contributed by atoms with E-state index in [9.17, 15) is 4.79 Å². The molecule has 0 saturated heterocycles. The Morgan fingerprint density at radius 2 is 1.95 bits per heavy atom. The molecule has 2 N–H and O–H groups in total. The SMILES string of the molecule is CN(C(=O)c1ccc(Cl)c(Cl)c1)C1CCCCC1N. The second-order valence-corrected chi connectivity index (χ2v) is 5.88. The van der Waals surface area contributed by atoms with E-state index in [2.05, 4.69) is 0 Å². The predicted molar refractivity (Wildman–Crippen MR) is 78.8 cm³/mol. The molecular weight excluding hydrogens is 283 g/mol. The normalized spacial score (nSPS) is 23.2. The molecule has 1 aliphatic rings. The molecule has 0 bridgehead atoms. The van der Waals surface area contributed by atoms with Gasteiger partial charge in [-0.25, -0.2) is 0 Å². The second-order valence-electron chi connectivity index (χ2n) is 5.06. The fourth-order valence-corrected chi connectivity index (χ4v) is 2.90. The molecule has 1 fully saturated rings. The maximum Gasteiger partial charge on any atom is 0.253 e. The summed E-state index contributed by atoms with van der Waals surface area (Å²) in [5.74, 6) is -0.0547. The van der Waals surface area contributed by atoms with Crippen LogP contribution < -0.4 is 5.73 Å². The number of nitrogens with zero attached hydrogens (tertiary/aromatic N) is 1. The maximum atomic E-state index is 12.4. The Kier molecular flexibility index (Phi) is 4.71. The smallest absolute Gasteiger partial charge is 0.253 e. The first kappa shape index (κ1) is 14.6. The van der Waals surface area contributed by atoms with Crippen molar-refractivity contribution in [3.63, 3.8) is 0 Å². The molecule has 1 aliphatic carbocycles. The summed E-state index contributed by atoms with van der Waals surface area (Å²) in [5, 5.41) is 0.851. The van der Waals surface area contributed by atoms with E-state index in [-0.39, 0.29) is 18.0 Å². The molecule has 19 heavy (non-hydrogen) atoms. The number of likely N-dealkylation sites (N-methyl/N-ethyl adjacent to an activating group) is 1. The third kappa shape index (κ3) is 3.22. The van der Waals surface area contributed by atoms with E-state index in [1.165, 1.54) is 0 Å². The molecule has 1 amide bonds. The van der Waals surface area contributed by atoms with Crippen LogP contribution in [0.15, 0.2) is 18.2 Å². The zero-order valence-corrected chi connectivity index (χ0v) is 12.4. The lowest BCUT2D eigenvalue weighted by Crippen LogP contribution is -2.50. The molecule has 3 nitrogen and oxygen atoms in total. The van der Waals surface area contributed by atoms with Crippen molar-refractivity contribution in [2.45, 2.75) is 37.8 Å². The Hall–Kier alpha value is -0.770. The first-order valence-corrected chi connectivity index (χ1v) is 7.24. The first-order valence-electron chi connectivity index (χ1n) is 6.48. The maximum absolute atomic E-state index is 12.4. The number of hydrogen-bond acceptors (Lipinski definition) is 2. The van der Waals surface area contributed by atoms with Gasteiger partial charge in [-0.1, -0.05) is 36.0 Å². The molecule has 0 aromatic heterocycles. The number of benzene rings is 1. The van der Waals surface area contributed by atoms with Gasteiger partial charge in [0.15, 0.2) is 0 Å². The lowest BCUT2D eigenvalue weighted by atomic mass is 9.90. The van der Waals surface area contributed by atoms with Gasteiger partial charge in [-0.3, -0.25) is 4.79 Å². The topological polar surface area (TPSA) is 46.3 Å². The van der Waals surface area contributed by atoms with Gasteiger partial charge < -0.3 is 10.6 Å². The monoisotopic (exact) mass is 300 g/mol. The Labute approximate surface area is 123 Å². The molecule has 1 saturated carbocycles. The molecule has 0 spiro atoms. The van der Waals surface area contributed by atoms with Crippen LogP contribution in [0.25, 0.3) is 0 Å². The van der Waals surface area contributed by atoms with Crippen LogP contribution in [0.5, 0.6) is 0 Å². The lowest BCUT2D eigenvalue weighted by molar-refractivity contribution is 0.0672. The minimum absolute atomic E-state index is 0.0547. The minimum atomic E-state index is -0.0547. The highest BCUT2D eigenvalue weighted by molar-refractivity contribution is 6.42. The largest absolute Gasteiger partial charge is 0.337 e. The number of nitrogens with two attached hydrogens (primary N) is 1. The van der Waals surface area contributed by atoms with Gasteiger partial charge in [0.25, 0.3) is 5.91 Å². The van der Waals surface area contributed by atoms with Gasteiger partial charge in [0, 0.05) is 24.7 Å². The van der Waals surface area contributed by atoms with E-state index >= 15 is 0 Å². The van der Waals surface area contributed by atoms with Crippen LogP contribution in [0.2, 0.25) is 10.0 Å². The summed E-state index contributed by atoms with van der Waals surface area (Å²) >= 11 is 11.8. The molecule has 0 radical (unpaired) electrons. The number of carbonyl (C=O) groups is 1. The average molecular weight is 301 g/mol. The molecule has 5 heteroatoms. The summed E-state index contributed by atoms with van der Waals surface area (Å²) in [6.07, 6.45) is 4.21. The van der Waals surface area contributed by atoms with Gasteiger partial charge in [0.05, 0.1) is 10.0 Å². The van der Waals surface area contributed by atoms with Crippen molar-refractivity contribution in [1.29, 1.82) is 0 Å². The molecule has 0 heterocycles. The van der Waals surface area contributed by atoms with Gasteiger partial charge in [0.1, 0.15) is 0 Å². The van der Waals surface area contributed by atoms with Gasteiger partial charge >= 0.3 is 0 Å². The highest BCUT2D eigenvalue weighted by Crippen LogP contribution is 2.25. The van der Waals surface area contributed by atoms with Crippen molar-refractivity contribution in [3.8, 4) is 0 Å². The Morgan fingerprint density at radius 1 is 1.26 bits per heavy atom. The van der Waals surface area contributed by atoms with Crippen LogP contribution >= 0.6 is 23.2 Å². The lowest BCUT2D eigenvalue weighted by Gasteiger charge is -2.36. The summed E-state index contributed by atoms with van der Waals surface area (Å²) in [6.45, 7) is 0. The molecule has 2 unspecified atom stereocenters. The van der Waals surface area contributed by atoms with Crippen molar-refractivity contribution in [2.75, 3.05) is 7.05 Å². The average Bonchev–Trinajstić information content (AvgIpc) is 2.41. The van der Waals surface area contributed by atoms with Crippen molar-refractivity contribution in [3.05, 3.63) is 33.8 Å². The highest BCUT2D eigenvalue weighted by atomic mass is 35.5. The van der Waals surface area contributed by atoms with Crippen LogP contribution in [0.3, 0.4) is 0 Å². The summed E-state index contributed by atoms with van der Waals surface area (Å²) in [4.78, 5) is 14.2. The summed E-state index contributed by atoms with van der Waals surface area (Å²) < 4.78 is 0. The molecule has 2 atom stereocenters. The van der Waals surface area contributed by atoms with Crippen LogP contribution in [-0.4, -0.2) is 29.9 Å². The Bertz CT molecular complexity index is 479. The molecular formula is C14H18Cl2N2O. The van der Waals surface area contributed by atoms with Crippen LogP contribution in [0, 0.1) is 0 Å². The highest BCUT2D eigenvalue weighted by Gasteiger charge is 2.28. The molecule has 104 valence electrons. The molecule has 2 rings (SSSR count). The van der Waals surface area contributed by atoms with Crippen molar-refractivity contribution < 1.29 is 4.79 Å². The van der Waals surface area contributed by atoms with Gasteiger partial charge in [0.2, 0.25) is 0 Å². The second kappa shape index (κ2) is 6.12. The van der Waals surface area contributed by atoms with Gasteiger partial charge in [-0.05, 0) is 31.0 Å². The summed E-state index contributed by atoms with van der Waals surface area (Å²) in [6, 6.07) is 5.12. The zero-order chi connectivity index (χ0) is 14.0. The van der Waals surface area contributed by atoms with E-state index in [0.29, 0.717) is 15.6 Å². The Morgan fingerprint density at radius 3 is 2.58 bits per heavy atom. The zero-order valence-electron chi connectivity index (χ0n) is 10.9. The third-order valence-corrected chi connectivity index (χ3v) is 4.50. The van der Waals surface area contributed by atoms with Gasteiger partial charge in [-0.2, -0.15) is 0 Å². The van der Waals surface area contributed by atoms with Gasteiger partial charge in [-0.15, -0.1) is 0 Å². The van der Waals surface area contributed by atoms with E-state index in [1.54, 1.807) is 30.1 Å². The van der Waals surface area contributed by atoms with Crippen molar-refractivity contribution in [2.24, 2.45) is 5.73 Å². The third-order valence-electron chi connectivity index (χ3n) is 3.77. The minimum Gasteiger partial charge on any atom is -0.337 e. The van der Waals surface area contributed by atoms with Crippen LogP contribution in [0.4, 0.5) is 0 Å². The number of amides is 1. The fraction of sp³-hybridized carbons (Fsp3) is 0.500. The predicted octanol–water partition coefficient (Wildman–Crippen LogP) is 3.34. The molecule has 0 aliphatic heterocycles. The number of rotatable bonds is 2. The molecule has 1 aromatic rings. The van der Waals surface area contributed by atoms with Crippen LogP contribution in [-0.2, 0) is 0 Å². The van der Waals surface area contributed by atoms with E-state index in [0.717, 1.165) is 25.7 Å². The number of halogens is 2. The summed E-state index contributed by atoms with van der Waals surface area (Å²) in [7, 11) is 1.81. The van der Waals surface area contributed by atoms with E-state index < -0.39 is 0 Å². The molecule has 1 aromatic carbocycles. The van der Waals surface area contributed by atoms with Crippen molar-refractivity contribution in [1.82, 2.24) is 4.90 Å². The van der Waals surface area contributed by atoms with E-state index in [4.69, 9.17) is 28.9 Å². The van der Waals surface area contributed by atoms with E-state index in [1.807, 2.05) is 0 Å². The number of carbonyl (C=O) groups excluding carboxylic acids is 1.